The van der Waals surface area contributed by atoms with Crippen LogP contribution in [0.5, 0.6) is 11.5 Å². The Kier molecular flexibility index (Phi) is 13.5. The number of nitrogen functional groups attached to an aromatic ring is 1. The zero-order valence-corrected chi connectivity index (χ0v) is 27.2. The first-order chi connectivity index (χ1) is 26.8. The van der Waals surface area contributed by atoms with Crippen molar-refractivity contribution in [1.29, 1.82) is 0 Å². The summed E-state index contributed by atoms with van der Waals surface area (Å²) in [5.41, 5.74) is -21.8. The van der Waals surface area contributed by atoms with Crippen molar-refractivity contribution in [3.8, 4) is 11.5 Å². The highest BCUT2D eigenvalue weighted by molar-refractivity contribution is 5.52. The summed E-state index contributed by atoms with van der Waals surface area (Å²) < 4.78 is 495. The molecule has 0 aromatic heterocycles. The minimum absolute atomic E-state index is 0.969. The maximum atomic E-state index is 14.8. The number of halogens is 36. The van der Waals surface area contributed by atoms with Crippen LogP contribution in [0.25, 0.3) is 0 Å². The third-order valence-corrected chi connectivity index (χ3v) is 7.19. The third kappa shape index (κ3) is 8.36. The summed E-state index contributed by atoms with van der Waals surface area (Å²) in [7, 11) is 0. The van der Waals surface area contributed by atoms with Gasteiger partial charge in [-0.15, -0.1) is 0 Å². The monoisotopic (exact) mass is 1020 g/mol. The first-order valence-electron chi connectivity index (χ1n) is 13.6. The Labute approximate surface area is 317 Å². The number of allylic oxidation sites excluding steroid dienone is 2. The Morgan fingerprint density at radius 2 is 0.603 bits per heavy atom. The third-order valence-electron chi connectivity index (χ3n) is 7.19. The lowest BCUT2D eigenvalue weighted by Crippen LogP contribution is -2.76. The van der Waals surface area contributed by atoms with Crippen LogP contribution in [0.1, 0.15) is 0 Å². The molecule has 1 aromatic rings. The van der Waals surface area contributed by atoms with E-state index in [9.17, 15) is 158 Å². The average molecular weight is 1020 g/mol. The number of nitrogens with two attached hydrogens (primary N) is 1. The van der Waals surface area contributed by atoms with Crippen molar-refractivity contribution in [1.82, 2.24) is 0 Å². The van der Waals surface area contributed by atoms with E-state index in [0.717, 1.165) is 0 Å². The van der Waals surface area contributed by atoms with Gasteiger partial charge in [0.05, 0.1) is 5.57 Å². The van der Waals surface area contributed by atoms with Crippen molar-refractivity contribution in [3.63, 3.8) is 0 Å². The normalized spacial score (nSPS) is 16.0. The SMILES string of the molecule is Nc1cc(OC(=C(C(F)(C(F)(F)F)C(F)(F)F)C(F)(C(F)(F)F)C(F)(F)F)C(F)(F)F)cc(OC(F)(F)C(F)(F)C(F)(F)C(F)(F)C(F)(F)C(F)(F)C(F)(F)C(F)(F)C(F)(F)F)c1. The molecule has 0 aliphatic rings. The fourth-order valence-electron chi connectivity index (χ4n) is 4.08. The number of rotatable bonds is 13. The highest BCUT2D eigenvalue weighted by atomic mass is 19.5. The maximum Gasteiger partial charge on any atom is 0.471 e. The molecule has 0 heterocycles. The predicted octanol–water partition coefficient (Wildman–Crippen LogP) is 13.1. The highest BCUT2D eigenvalue weighted by Gasteiger charge is 2.97. The van der Waals surface area contributed by atoms with E-state index in [1.807, 2.05) is 0 Å². The van der Waals surface area contributed by atoms with Gasteiger partial charge < -0.3 is 15.2 Å². The summed E-state index contributed by atoms with van der Waals surface area (Å²) in [4.78, 5) is 0. The average Bonchev–Trinajstić information content (AvgIpc) is 2.99. The molecule has 0 saturated heterocycles. The van der Waals surface area contributed by atoms with Gasteiger partial charge >= 0.3 is 96.0 Å². The van der Waals surface area contributed by atoms with Crippen molar-refractivity contribution in [2.24, 2.45) is 0 Å². The molecule has 0 radical (unpaired) electrons. The van der Waals surface area contributed by atoms with Gasteiger partial charge in [-0.3, -0.25) is 0 Å². The summed E-state index contributed by atoms with van der Waals surface area (Å²) in [5, 5.41) is 0. The molecule has 63 heavy (non-hydrogen) atoms. The van der Waals surface area contributed by atoms with Gasteiger partial charge in [0.15, 0.2) is 0 Å². The number of benzene rings is 1. The van der Waals surface area contributed by atoms with Crippen molar-refractivity contribution in [3.05, 3.63) is 29.5 Å². The van der Waals surface area contributed by atoms with Gasteiger partial charge in [0.25, 0.3) is 0 Å². The molecule has 370 valence electrons. The molecule has 0 atom stereocenters. The summed E-state index contributed by atoms with van der Waals surface area (Å²) in [5.74, 6) is -76.7. The second-order valence-electron chi connectivity index (χ2n) is 11.5. The zero-order valence-electron chi connectivity index (χ0n) is 27.2. The van der Waals surface area contributed by atoms with Crippen LogP contribution >= 0.6 is 0 Å². The number of anilines is 1. The fraction of sp³-hybridized carbons (Fsp3) is 0.667. The minimum Gasteiger partial charge on any atom is -0.452 e. The van der Waals surface area contributed by atoms with Crippen LogP contribution in [-0.4, -0.2) is 96.0 Å². The minimum atomic E-state index is -9.55. The molecule has 1 rings (SSSR count). The Hall–Kier alpha value is -4.16. The lowest BCUT2D eigenvalue weighted by Gasteiger charge is -2.43. The van der Waals surface area contributed by atoms with E-state index in [4.69, 9.17) is 0 Å². The second-order valence-corrected chi connectivity index (χ2v) is 11.5. The van der Waals surface area contributed by atoms with Crippen molar-refractivity contribution in [2.75, 3.05) is 5.73 Å². The summed E-state index contributed by atoms with van der Waals surface area (Å²) in [6.07, 6.45) is -59.3. The Morgan fingerprint density at radius 1 is 0.333 bits per heavy atom. The number of alkyl halides is 36. The topological polar surface area (TPSA) is 44.5 Å². The molecule has 0 spiro atoms. The molecule has 0 fully saturated rings. The Morgan fingerprint density at radius 3 is 0.873 bits per heavy atom. The molecule has 0 aliphatic carbocycles. The van der Waals surface area contributed by atoms with Crippen LogP contribution in [0.15, 0.2) is 29.5 Å². The Bertz CT molecular complexity index is 1780. The van der Waals surface area contributed by atoms with Crippen LogP contribution in [0.2, 0.25) is 0 Å². The molecule has 0 aliphatic heterocycles. The van der Waals surface area contributed by atoms with Crippen molar-refractivity contribution >= 4 is 5.69 Å². The van der Waals surface area contributed by atoms with E-state index in [2.05, 4.69) is 15.2 Å². The van der Waals surface area contributed by atoms with Gasteiger partial charge in [-0.1, -0.05) is 0 Å². The molecule has 3 nitrogen and oxygen atoms in total. The largest absolute Gasteiger partial charge is 0.471 e. The van der Waals surface area contributed by atoms with E-state index in [1.165, 1.54) is 0 Å². The van der Waals surface area contributed by atoms with Crippen LogP contribution in [0.4, 0.5) is 164 Å². The summed E-state index contributed by atoms with van der Waals surface area (Å²) in [6, 6.07) is -3.52. The summed E-state index contributed by atoms with van der Waals surface area (Å²) >= 11 is 0. The lowest BCUT2D eigenvalue weighted by molar-refractivity contribution is -0.476. The second kappa shape index (κ2) is 14.9. The van der Waals surface area contributed by atoms with Crippen LogP contribution in [0.3, 0.4) is 0 Å². The van der Waals surface area contributed by atoms with Gasteiger partial charge in [-0.05, 0) is 0 Å². The predicted molar refractivity (Wildman–Crippen MR) is 123 cm³/mol. The molecule has 0 bridgehead atoms. The van der Waals surface area contributed by atoms with E-state index < -0.39 is 143 Å². The molecule has 39 heteroatoms. The maximum absolute atomic E-state index is 14.8. The van der Waals surface area contributed by atoms with Gasteiger partial charge in [-0.25, -0.2) is 8.78 Å². The van der Waals surface area contributed by atoms with E-state index >= 15 is 0 Å². The fourth-order valence-corrected chi connectivity index (χ4v) is 4.08. The van der Waals surface area contributed by atoms with Crippen LogP contribution in [-0.2, 0) is 0 Å². The number of hydrogen-bond acceptors (Lipinski definition) is 3. The van der Waals surface area contributed by atoms with Crippen LogP contribution < -0.4 is 15.2 Å². The zero-order chi connectivity index (χ0) is 51.4. The van der Waals surface area contributed by atoms with E-state index in [0.29, 0.717) is 0 Å². The van der Waals surface area contributed by atoms with Crippen LogP contribution in [0, 0.1) is 0 Å². The molecule has 0 unspecified atom stereocenters. The number of ether oxygens (including phenoxy) is 2. The molecular weight excluding hydrogens is 1020 g/mol. The first-order valence-corrected chi connectivity index (χ1v) is 13.6. The van der Waals surface area contributed by atoms with Gasteiger partial charge in [0.1, 0.15) is 11.5 Å². The lowest BCUT2D eigenvalue weighted by atomic mass is 9.79. The molecule has 1 aromatic carbocycles. The molecule has 2 N–H and O–H groups in total. The smallest absolute Gasteiger partial charge is 0.452 e. The van der Waals surface area contributed by atoms with E-state index in [1.54, 1.807) is 0 Å². The molecule has 0 saturated carbocycles. The quantitative estimate of drug-likeness (QED) is 0.122. The first kappa shape index (κ1) is 56.9. The molecular formula is C24H5F36NO2. The van der Waals surface area contributed by atoms with Gasteiger partial charge in [-0.2, -0.15) is 149 Å². The highest BCUT2D eigenvalue weighted by Crippen LogP contribution is 2.66. The Balaban J connectivity index is 4.33. The van der Waals surface area contributed by atoms with E-state index in [-0.39, 0.29) is 0 Å². The van der Waals surface area contributed by atoms with Crippen molar-refractivity contribution < 1.29 is 168 Å². The number of hydrogen-bond donors (Lipinski definition) is 1. The molecule has 0 amide bonds. The standard InChI is InChI=1S/C24H5F36NO2/c25-9(19(44,45)46,20(47,48)49)7(10(26,21(50,51)52)22(53,54)55)8(11(27,28)29)62-5-1-4(61)2-6(3-5)63-24(59,60)18(42,43)16(38,39)14(34,35)12(30,31)13(32,33)15(36,37)17(40,41)23(56,57)58/h1-3H,61H2. The van der Waals surface area contributed by atoms with Gasteiger partial charge in [0, 0.05) is 23.9 Å². The summed E-state index contributed by atoms with van der Waals surface area (Å²) in [6.45, 7) is 0. The van der Waals surface area contributed by atoms with Gasteiger partial charge in [0.2, 0.25) is 5.76 Å². The van der Waals surface area contributed by atoms with Crippen molar-refractivity contribution in [2.45, 2.75) is 96.0 Å².